The second-order valence-electron chi connectivity index (χ2n) is 8.22. The summed E-state index contributed by atoms with van der Waals surface area (Å²) in [5, 5.41) is 12.8. The van der Waals surface area contributed by atoms with Crippen molar-refractivity contribution < 1.29 is 33.0 Å². The van der Waals surface area contributed by atoms with Crippen LogP contribution in [0.5, 0.6) is 17.2 Å². The van der Waals surface area contributed by atoms with Crippen molar-refractivity contribution in [1.82, 2.24) is 15.1 Å². The number of hydrogen-bond acceptors (Lipinski definition) is 7. The lowest BCUT2D eigenvalue weighted by molar-refractivity contribution is -0.126. The third-order valence-corrected chi connectivity index (χ3v) is 5.99. The fourth-order valence-electron chi connectivity index (χ4n) is 4.20. The number of piperazine rings is 1. The average molecular weight is 475 g/mol. The van der Waals surface area contributed by atoms with Crippen molar-refractivity contribution in [3.63, 3.8) is 0 Å². The topological polar surface area (TPSA) is 91.3 Å². The number of ether oxygens (including phenoxy) is 2. The van der Waals surface area contributed by atoms with Crippen molar-refractivity contribution in [2.24, 2.45) is 0 Å². The highest BCUT2D eigenvalue weighted by molar-refractivity contribution is 6.00. The van der Waals surface area contributed by atoms with Crippen molar-refractivity contribution in [2.45, 2.75) is 19.5 Å². The minimum atomic E-state index is -0.831. The zero-order valence-corrected chi connectivity index (χ0v) is 18.9. The van der Waals surface area contributed by atoms with Gasteiger partial charge >= 0.3 is 0 Å². The third kappa shape index (κ3) is 5.19. The van der Waals surface area contributed by atoms with Crippen molar-refractivity contribution in [2.75, 3.05) is 45.9 Å². The molecule has 0 spiro atoms. The molecule has 0 aliphatic carbocycles. The maximum atomic E-state index is 14.9. The Labute approximate surface area is 196 Å². The summed E-state index contributed by atoms with van der Waals surface area (Å²) in [5.74, 6) is -2.71. The first-order valence-electron chi connectivity index (χ1n) is 11.2. The SMILES string of the molecule is CCc1cc(O)c(Oc2ccc(C(=O)C(N3CCOCC3)N3CCNC(=O)C3)cc2F)cc1F. The fourth-order valence-corrected chi connectivity index (χ4v) is 4.20. The third-order valence-electron chi connectivity index (χ3n) is 5.99. The number of nitrogens with zero attached hydrogens (tertiary/aromatic N) is 2. The highest BCUT2D eigenvalue weighted by Crippen LogP contribution is 2.34. The summed E-state index contributed by atoms with van der Waals surface area (Å²) < 4.78 is 39.8. The number of carbonyl (C=O) groups is 2. The Hall–Kier alpha value is -3.08. The highest BCUT2D eigenvalue weighted by Gasteiger charge is 2.36. The van der Waals surface area contributed by atoms with Crippen LogP contribution in [0, 0.1) is 11.6 Å². The monoisotopic (exact) mass is 475 g/mol. The molecule has 8 nitrogen and oxygen atoms in total. The van der Waals surface area contributed by atoms with Crippen LogP contribution in [0.15, 0.2) is 30.3 Å². The lowest BCUT2D eigenvalue weighted by Gasteiger charge is -2.41. The highest BCUT2D eigenvalue weighted by atomic mass is 19.1. The summed E-state index contributed by atoms with van der Waals surface area (Å²) in [6.07, 6.45) is -0.353. The van der Waals surface area contributed by atoms with Crippen LogP contribution in [0.3, 0.4) is 0 Å². The Morgan fingerprint density at radius 1 is 1.12 bits per heavy atom. The molecule has 2 N–H and O–H groups in total. The van der Waals surface area contributed by atoms with Gasteiger partial charge in [-0.05, 0) is 36.2 Å². The number of rotatable bonds is 7. The largest absolute Gasteiger partial charge is 0.504 e. The zero-order valence-electron chi connectivity index (χ0n) is 18.9. The van der Waals surface area contributed by atoms with Crippen molar-refractivity contribution >= 4 is 11.7 Å². The molecule has 1 unspecified atom stereocenters. The molecule has 0 saturated carbocycles. The van der Waals surface area contributed by atoms with Crippen molar-refractivity contribution in [1.29, 1.82) is 0 Å². The Morgan fingerprint density at radius 2 is 1.88 bits per heavy atom. The molecule has 2 saturated heterocycles. The minimum absolute atomic E-state index is 0.0655. The van der Waals surface area contributed by atoms with E-state index in [-0.39, 0.29) is 41.0 Å². The number of morpholine rings is 1. The molecule has 0 aromatic heterocycles. The molecule has 34 heavy (non-hydrogen) atoms. The van der Waals surface area contributed by atoms with Crippen LogP contribution >= 0.6 is 0 Å². The van der Waals surface area contributed by atoms with Gasteiger partial charge in [0.05, 0.1) is 19.8 Å². The first kappa shape index (κ1) is 24.1. The summed E-state index contributed by atoms with van der Waals surface area (Å²) in [4.78, 5) is 29.2. The quantitative estimate of drug-likeness (QED) is 0.594. The normalized spacial score (nSPS) is 18.4. The van der Waals surface area contributed by atoms with E-state index in [1.54, 1.807) is 11.8 Å². The van der Waals surface area contributed by atoms with Crippen LogP contribution in [0.25, 0.3) is 0 Å². The number of halogens is 2. The van der Waals surface area contributed by atoms with Crippen molar-refractivity contribution in [3.05, 3.63) is 53.1 Å². The fraction of sp³-hybridized carbons (Fsp3) is 0.417. The molecule has 4 rings (SSSR count). The molecule has 0 radical (unpaired) electrons. The standard InChI is InChI=1S/C24H27F2N3O5/c1-2-15-12-19(30)21(13-17(15)25)34-20-4-3-16(11-18(20)26)23(32)24(28-7-9-33-10-8-28)29-6-5-27-22(31)14-29/h3-4,11-13,24,30H,2,5-10,14H2,1H3,(H,27,31). The van der Waals surface area contributed by atoms with Gasteiger partial charge in [0.15, 0.2) is 28.8 Å². The molecular weight excluding hydrogens is 448 g/mol. The van der Waals surface area contributed by atoms with E-state index in [0.29, 0.717) is 51.4 Å². The van der Waals surface area contributed by atoms with Gasteiger partial charge in [-0.3, -0.25) is 19.4 Å². The predicted octanol–water partition coefficient (Wildman–Crippen LogP) is 2.30. The molecule has 2 aliphatic heterocycles. The number of phenolic OH excluding ortho intramolecular Hbond substituents is 1. The smallest absolute Gasteiger partial charge is 0.234 e. The van der Waals surface area contributed by atoms with Gasteiger partial charge in [-0.15, -0.1) is 0 Å². The number of hydrogen-bond donors (Lipinski definition) is 2. The molecule has 0 bridgehead atoms. The lowest BCUT2D eigenvalue weighted by Crippen LogP contribution is -2.61. The summed E-state index contributed by atoms with van der Waals surface area (Å²) in [5.41, 5.74) is 0.427. The van der Waals surface area contributed by atoms with Crippen LogP contribution < -0.4 is 10.1 Å². The lowest BCUT2D eigenvalue weighted by atomic mass is 10.0. The molecular formula is C24H27F2N3O5. The van der Waals surface area contributed by atoms with E-state index in [0.717, 1.165) is 12.1 Å². The number of nitrogens with one attached hydrogen (secondary N) is 1. The number of aryl methyl sites for hydroxylation is 1. The van der Waals surface area contributed by atoms with Gasteiger partial charge in [-0.25, -0.2) is 8.78 Å². The van der Waals surface area contributed by atoms with Crippen molar-refractivity contribution in [3.8, 4) is 17.2 Å². The summed E-state index contributed by atoms with van der Waals surface area (Å²) in [6, 6.07) is 5.99. The van der Waals surface area contributed by atoms with E-state index in [9.17, 15) is 23.5 Å². The van der Waals surface area contributed by atoms with E-state index >= 15 is 0 Å². The molecule has 2 aromatic rings. The predicted molar refractivity (Wildman–Crippen MR) is 119 cm³/mol. The first-order chi connectivity index (χ1) is 16.4. The Morgan fingerprint density at radius 3 is 2.56 bits per heavy atom. The van der Waals surface area contributed by atoms with Crippen LogP contribution in [0.1, 0.15) is 22.8 Å². The molecule has 10 heteroatoms. The summed E-state index contributed by atoms with van der Waals surface area (Å²) in [6.45, 7) is 4.66. The van der Waals surface area contributed by atoms with Gasteiger partial charge in [0.25, 0.3) is 0 Å². The second-order valence-corrected chi connectivity index (χ2v) is 8.22. The van der Waals surface area contributed by atoms with Crippen LogP contribution in [0.4, 0.5) is 8.78 Å². The number of benzene rings is 2. The van der Waals surface area contributed by atoms with Crippen LogP contribution in [-0.4, -0.2) is 78.7 Å². The molecule has 182 valence electrons. The molecule has 2 aliphatic rings. The molecule has 2 heterocycles. The van der Waals surface area contributed by atoms with E-state index < -0.39 is 17.8 Å². The summed E-state index contributed by atoms with van der Waals surface area (Å²) >= 11 is 0. The van der Waals surface area contributed by atoms with Gasteiger partial charge in [-0.2, -0.15) is 0 Å². The van der Waals surface area contributed by atoms with E-state index in [4.69, 9.17) is 9.47 Å². The van der Waals surface area contributed by atoms with Gasteiger partial charge in [0, 0.05) is 37.8 Å². The molecule has 1 atom stereocenters. The zero-order chi connectivity index (χ0) is 24.2. The van der Waals surface area contributed by atoms with Gasteiger partial charge in [0.1, 0.15) is 12.0 Å². The minimum Gasteiger partial charge on any atom is -0.504 e. The van der Waals surface area contributed by atoms with Gasteiger partial charge in [0.2, 0.25) is 5.91 Å². The van der Waals surface area contributed by atoms with Crippen LogP contribution in [0.2, 0.25) is 0 Å². The maximum Gasteiger partial charge on any atom is 0.234 e. The number of Topliss-reactive ketones (excluding diaryl/α,β-unsaturated/α-hetero) is 1. The van der Waals surface area contributed by atoms with E-state index in [1.807, 2.05) is 4.90 Å². The number of phenols is 1. The maximum absolute atomic E-state index is 14.9. The van der Waals surface area contributed by atoms with E-state index in [1.165, 1.54) is 18.2 Å². The van der Waals surface area contributed by atoms with E-state index in [2.05, 4.69) is 5.32 Å². The number of aromatic hydroxyl groups is 1. The Balaban J connectivity index is 1.58. The average Bonchev–Trinajstić information content (AvgIpc) is 2.83. The van der Waals surface area contributed by atoms with Crippen LogP contribution in [-0.2, 0) is 16.0 Å². The number of ketones is 1. The number of amides is 1. The number of carbonyl (C=O) groups excluding carboxylic acids is 2. The molecule has 2 aromatic carbocycles. The van der Waals surface area contributed by atoms with Gasteiger partial charge < -0.3 is 19.9 Å². The molecule has 1 amide bonds. The Bertz CT molecular complexity index is 1070. The summed E-state index contributed by atoms with van der Waals surface area (Å²) in [7, 11) is 0. The molecule has 2 fully saturated rings. The first-order valence-corrected chi connectivity index (χ1v) is 11.2. The van der Waals surface area contributed by atoms with Gasteiger partial charge in [-0.1, -0.05) is 6.92 Å². The Kier molecular flexibility index (Phi) is 7.40. The second kappa shape index (κ2) is 10.5.